The first-order chi connectivity index (χ1) is 7.55. The molecule has 11 heteroatoms. The van der Waals surface area contributed by atoms with E-state index in [9.17, 15) is 26.9 Å². The van der Waals surface area contributed by atoms with Crippen molar-refractivity contribution in [1.29, 1.82) is 0 Å². The van der Waals surface area contributed by atoms with E-state index in [1.54, 1.807) is 0 Å². The third-order valence-corrected chi connectivity index (χ3v) is 3.83. The van der Waals surface area contributed by atoms with Crippen molar-refractivity contribution in [2.24, 2.45) is 10.3 Å². The Labute approximate surface area is 96.3 Å². The Kier molecular flexibility index (Phi) is 3.20. The molecular weight excluding hydrogens is 274 g/mol. The van der Waals surface area contributed by atoms with Crippen LogP contribution < -0.4 is 10.3 Å². The van der Waals surface area contributed by atoms with Crippen LogP contribution in [0.15, 0.2) is 28.0 Å². The molecule has 0 aliphatic rings. The van der Waals surface area contributed by atoms with Gasteiger partial charge in [-0.1, -0.05) is 6.07 Å². The zero-order valence-corrected chi connectivity index (χ0v) is 9.73. The van der Waals surface area contributed by atoms with Crippen molar-refractivity contribution >= 4 is 25.7 Å². The van der Waals surface area contributed by atoms with Crippen LogP contribution in [-0.4, -0.2) is 21.8 Å². The summed E-state index contributed by atoms with van der Waals surface area (Å²) in [5.41, 5.74) is -0.945. The predicted molar refractivity (Wildman–Crippen MR) is 55.8 cm³/mol. The zero-order chi connectivity index (χ0) is 13.4. The van der Waals surface area contributed by atoms with Gasteiger partial charge in [0.15, 0.2) is 4.90 Å². The molecule has 0 saturated heterocycles. The summed E-state index contributed by atoms with van der Waals surface area (Å²) in [5, 5.41) is 20.1. The molecule has 0 atom stereocenters. The number of rotatable bonds is 3. The van der Waals surface area contributed by atoms with Gasteiger partial charge in [-0.05, 0) is 6.07 Å². The summed E-state index contributed by atoms with van der Waals surface area (Å²) in [6, 6.07) is 2.63. The molecule has 0 amide bonds. The lowest BCUT2D eigenvalue weighted by Gasteiger charge is -2.05. The third kappa shape index (κ3) is 2.76. The molecule has 0 spiro atoms. The van der Waals surface area contributed by atoms with E-state index in [1.807, 2.05) is 0 Å². The summed E-state index contributed by atoms with van der Waals surface area (Å²) in [5.74, 6) is 0. The lowest BCUT2D eigenvalue weighted by molar-refractivity contribution is -0.388. The quantitative estimate of drug-likeness (QED) is 0.526. The van der Waals surface area contributed by atoms with E-state index in [0.717, 1.165) is 18.2 Å². The van der Waals surface area contributed by atoms with Crippen molar-refractivity contribution in [1.82, 2.24) is 0 Å². The van der Waals surface area contributed by atoms with Gasteiger partial charge < -0.3 is 0 Å². The first kappa shape index (κ1) is 13.5. The summed E-state index contributed by atoms with van der Waals surface area (Å²) in [6.45, 7) is 0. The molecule has 0 bridgehead atoms. The fraction of sp³-hybridized carbons (Fsp3) is 0. The Balaban J connectivity index is 3.90. The van der Waals surface area contributed by atoms with Gasteiger partial charge in [-0.2, -0.15) is 0 Å². The van der Waals surface area contributed by atoms with E-state index in [1.165, 1.54) is 0 Å². The van der Waals surface area contributed by atoms with Crippen LogP contribution >= 0.6 is 0 Å². The van der Waals surface area contributed by atoms with Crippen LogP contribution in [0.3, 0.4) is 0 Å². The van der Waals surface area contributed by atoms with Gasteiger partial charge in [0, 0.05) is 6.07 Å². The van der Waals surface area contributed by atoms with Gasteiger partial charge in [0.1, 0.15) is 4.90 Å². The normalized spacial score (nSPS) is 12.4. The second-order valence-corrected chi connectivity index (χ2v) is 5.98. The number of nitrogens with zero attached hydrogens (tertiary/aromatic N) is 1. The molecule has 0 unspecified atom stereocenters. The minimum Gasteiger partial charge on any atom is -0.258 e. The standard InChI is InChI=1S/C6H7N3O6S2/c7-16(12,13)5-3-1-2-4(9(10)11)6(5)17(8,14)15/h1-3H,(H2,7,12,13)(H2,8,14,15). The van der Waals surface area contributed by atoms with Gasteiger partial charge in [-0.25, -0.2) is 27.1 Å². The molecule has 1 aromatic rings. The van der Waals surface area contributed by atoms with Gasteiger partial charge in [0.05, 0.1) is 4.92 Å². The second-order valence-electron chi connectivity index (χ2n) is 2.95. The van der Waals surface area contributed by atoms with Crippen LogP contribution in [0.5, 0.6) is 0 Å². The molecule has 0 radical (unpaired) electrons. The fourth-order valence-electron chi connectivity index (χ4n) is 1.16. The molecule has 9 nitrogen and oxygen atoms in total. The molecule has 4 N–H and O–H groups in total. The van der Waals surface area contributed by atoms with E-state index < -0.39 is 40.4 Å². The maximum Gasteiger partial charge on any atom is 0.290 e. The predicted octanol–water partition coefficient (Wildman–Crippen LogP) is -1.11. The molecule has 0 aromatic heterocycles. The highest BCUT2D eigenvalue weighted by atomic mass is 32.2. The Morgan fingerprint density at radius 1 is 1.06 bits per heavy atom. The van der Waals surface area contributed by atoms with Crippen molar-refractivity contribution < 1.29 is 21.8 Å². The minimum absolute atomic E-state index is 0.814. The topological polar surface area (TPSA) is 163 Å². The average molecular weight is 281 g/mol. The smallest absolute Gasteiger partial charge is 0.258 e. The van der Waals surface area contributed by atoms with Crippen molar-refractivity contribution in [2.75, 3.05) is 0 Å². The van der Waals surface area contributed by atoms with Gasteiger partial charge in [0.25, 0.3) is 5.69 Å². The fourth-order valence-corrected chi connectivity index (χ4v) is 3.27. The maximum absolute atomic E-state index is 11.2. The Hall–Kier alpha value is -1.56. The van der Waals surface area contributed by atoms with Crippen LogP contribution in [0.1, 0.15) is 0 Å². The van der Waals surface area contributed by atoms with Crippen molar-refractivity contribution in [3.8, 4) is 0 Å². The third-order valence-electron chi connectivity index (χ3n) is 1.75. The van der Waals surface area contributed by atoms with Gasteiger partial charge >= 0.3 is 0 Å². The maximum atomic E-state index is 11.2. The summed E-state index contributed by atoms with van der Waals surface area (Å²) in [4.78, 5) is 7.51. The first-order valence-electron chi connectivity index (χ1n) is 3.88. The highest BCUT2D eigenvalue weighted by Gasteiger charge is 2.30. The average Bonchev–Trinajstić information content (AvgIpc) is 2.13. The number of sulfonamides is 2. The van der Waals surface area contributed by atoms with Crippen molar-refractivity contribution in [3.05, 3.63) is 28.3 Å². The van der Waals surface area contributed by atoms with Gasteiger partial charge in [-0.3, -0.25) is 10.1 Å². The molecule has 0 heterocycles. The molecule has 0 fully saturated rings. The molecule has 94 valence electrons. The van der Waals surface area contributed by atoms with E-state index in [4.69, 9.17) is 10.3 Å². The minimum atomic E-state index is -4.59. The van der Waals surface area contributed by atoms with E-state index in [0.29, 0.717) is 0 Å². The summed E-state index contributed by atoms with van der Waals surface area (Å²) in [6.07, 6.45) is 0. The zero-order valence-electron chi connectivity index (χ0n) is 8.10. The van der Waals surface area contributed by atoms with E-state index >= 15 is 0 Å². The highest BCUT2D eigenvalue weighted by molar-refractivity contribution is 7.92. The number of hydrogen-bond donors (Lipinski definition) is 2. The van der Waals surface area contributed by atoms with Crippen LogP contribution in [0.2, 0.25) is 0 Å². The van der Waals surface area contributed by atoms with Crippen LogP contribution in [0.4, 0.5) is 5.69 Å². The Morgan fingerprint density at radius 2 is 1.59 bits per heavy atom. The van der Waals surface area contributed by atoms with Crippen molar-refractivity contribution in [2.45, 2.75) is 9.79 Å². The Bertz CT molecular complexity index is 678. The first-order valence-corrected chi connectivity index (χ1v) is 6.97. The highest BCUT2D eigenvalue weighted by Crippen LogP contribution is 2.28. The van der Waals surface area contributed by atoms with Gasteiger partial charge in [-0.15, -0.1) is 0 Å². The van der Waals surface area contributed by atoms with E-state index in [-0.39, 0.29) is 0 Å². The number of nitro benzene ring substituents is 1. The lowest BCUT2D eigenvalue weighted by Crippen LogP contribution is -2.21. The van der Waals surface area contributed by atoms with E-state index in [2.05, 4.69) is 0 Å². The lowest BCUT2D eigenvalue weighted by atomic mass is 10.3. The molecular formula is C6H7N3O6S2. The van der Waals surface area contributed by atoms with Gasteiger partial charge in [0.2, 0.25) is 20.0 Å². The van der Waals surface area contributed by atoms with Crippen LogP contribution in [0.25, 0.3) is 0 Å². The number of hydrogen-bond acceptors (Lipinski definition) is 6. The SMILES string of the molecule is NS(=O)(=O)c1cccc([N+](=O)[O-])c1S(N)(=O)=O. The van der Waals surface area contributed by atoms with Crippen LogP contribution in [-0.2, 0) is 20.0 Å². The molecule has 1 aromatic carbocycles. The number of primary sulfonamides is 2. The number of nitro groups is 1. The summed E-state index contributed by atoms with van der Waals surface area (Å²) < 4.78 is 44.6. The summed E-state index contributed by atoms with van der Waals surface area (Å²) in [7, 11) is -9.03. The largest absolute Gasteiger partial charge is 0.290 e. The molecule has 0 saturated carbocycles. The number of benzene rings is 1. The van der Waals surface area contributed by atoms with Crippen molar-refractivity contribution in [3.63, 3.8) is 0 Å². The number of nitrogens with two attached hydrogens (primary N) is 2. The Morgan fingerprint density at radius 3 is 1.94 bits per heavy atom. The second kappa shape index (κ2) is 4.03. The van der Waals surface area contributed by atoms with Crippen LogP contribution in [0, 0.1) is 10.1 Å². The molecule has 17 heavy (non-hydrogen) atoms. The monoisotopic (exact) mass is 281 g/mol. The molecule has 0 aliphatic heterocycles. The molecule has 0 aliphatic carbocycles. The molecule has 1 rings (SSSR count). The summed E-state index contributed by atoms with van der Waals surface area (Å²) >= 11 is 0.